The van der Waals surface area contributed by atoms with Crippen molar-refractivity contribution in [2.75, 3.05) is 17.7 Å². The summed E-state index contributed by atoms with van der Waals surface area (Å²) in [5.41, 5.74) is 7.97. The second-order valence-electron chi connectivity index (χ2n) is 4.29. The fourth-order valence-electron chi connectivity index (χ4n) is 1.74. The number of hydrogen-bond acceptors (Lipinski definition) is 5. The molecule has 2 aromatic rings. The molecule has 7 heteroatoms. The Labute approximate surface area is 116 Å². The Morgan fingerprint density at radius 3 is 2.63 bits per heavy atom. The van der Waals surface area contributed by atoms with Crippen molar-refractivity contribution in [3.05, 3.63) is 40.6 Å². The molecule has 0 spiro atoms. The molecule has 0 bridgehead atoms. The first-order chi connectivity index (χ1) is 8.86. The van der Waals surface area contributed by atoms with E-state index in [-0.39, 0.29) is 4.90 Å². The van der Waals surface area contributed by atoms with Crippen molar-refractivity contribution in [3.8, 4) is 0 Å². The Bertz CT molecular complexity index is 666. The van der Waals surface area contributed by atoms with Crippen LogP contribution in [0.1, 0.15) is 5.56 Å². The average molecular weight is 297 g/mol. The third-order valence-corrected chi connectivity index (χ3v) is 4.31. The standard InChI is InChI=1S/C12H15N3O2S2/c1-15(7-9-2-3-18-8-9)11-4-10(13)5-12(6-11)19(14,16)17/h2-6,8H,7,13H2,1H3,(H2,14,16,17). The summed E-state index contributed by atoms with van der Waals surface area (Å²) in [4.78, 5) is 1.95. The predicted molar refractivity (Wildman–Crippen MR) is 78.7 cm³/mol. The number of rotatable bonds is 4. The molecule has 0 amide bonds. The van der Waals surface area contributed by atoms with Gasteiger partial charge in [0.05, 0.1) is 4.90 Å². The summed E-state index contributed by atoms with van der Waals surface area (Å²) < 4.78 is 22.8. The molecule has 5 nitrogen and oxygen atoms in total. The van der Waals surface area contributed by atoms with E-state index in [1.807, 2.05) is 28.8 Å². The summed E-state index contributed by atoms with van der Waals surface area (Å²) in [6, 6.07) is 6.63. The van der Waals surface area contributed by atoms with Gasteiger partial charge < -0.3 is 10.6 Å². The molecule has 0 unspecified atom stereocenters. The summed E-state index contributed by atoms with van der Waals surface area (Å²) in [6.07, 6.45) is 0. The summed E-state index contributed by atoms with van der Waals surface area (Å²) in [5, 5.41) is 9.17. The van der Waals surface area contributed by atoms with Crippen LogP contribution in [0.15, 0.2) is 39.9 Å². The number of primary sulfonamides is 1. The molecular weight excluding hydrogens is 282 g/mol. The molecule has 1 aromatic heterocycles. The van der Waals surface area contributed by atoms with E-state index in [1.54, 1.807) is 17.4 Å². The lowest BCUT2D eigenvalue weighted by Crippen LogP contribution is -2.18. The van der Waals surface area contributed by atoms with Crippen molar-refractivity contribution in [1.29, 1.82) is 0 Å². The van der Waals surface area contributed by atoms with Gasteiger partial charge >= 0.3 is 0 Å². The molecule has 0 aliphatic heterocycles. The number of sulfonamides is 1. The lowest BCUT2D eigenvalue weighted by atomic mass is 10.2. The number of anilines is 2. The van der Waals surface area contributed by atoms with Gasteiger partial charge in [0.2, 0.25) is 10.0 Å². The molecule has 1 heterocycles. The van der Waals surface area contributed by atoms with Crippen molar-refractivity contribution in [2.45, 2.75) is 11.4 Å². The van der Waals surface area contributed by atoms with Gasteiger partial charge in [-0.15, -0.1) is 0 Å². The zero-order valence-electron chi connectivity index (χ0n) is 10.4. The van der Waals surface area contributed by atoms with Gasteiger partial charge in [0.1, 0.15) is 0 Å². The van der Waals surface area contributed by atoms with Gasteiger partial charge in [-0.3, -0.25) is 0 Å². The Morgan fingerprint density at radius 2 is 2.05 bits per heavy atom. The third kappa shape index (κ3) is 3.46. The second kappa shape index (κ2) is 5.20. The van der Waals surface area contributed by atoms with Crippen molar-refractivity contribution in [2.24, 2.45) is 5.14 Å². The molecule has 0 aliphatic carbocycles. The minimum Gasteiger partial charge on any atom is -0.399 e. The first-order valence-corrected chi connectivity index (χ1v) is 8.01. The van der Waals surface area contributed by atoms with Crippen LogP contribution in [0, 0.1) is 0 Å². The minimum atomic E-state index is -3.75. The maximum atomic E-state index is 11.4. The Morgan fingerprint density at radius 1 is 1.32 bits per heavy atom. The Balaban J connectivity index is 2.32. The minimum absolute atomic E-state index is 0.0275. The molecular formula is C12H15N3O2S2. The van der Waals surface area contributed by atoms with Crippen molar-refractivity contribution >= 4 is 32.7 Å². The number of hydrogen-bond donors (Lipinski definition) is 2. The van der Waals surface area contributed by atoms with E-state index in [2.05, 4.69) is 0 Å². The van der Waals surface area contributed by atoms with Gasteiger partial charge in [-0.2, -0.15) is 11.3 Å². The number of benzene rings is 1. The van der Waals surface area contributed by atoms with Crippen LogP contribution in [-0.4, -0.2) is 15.5 Å². The van der Waals surface area contributed by atoms with Gasteiger partial charge in [-0.1, -0.05) is 0 Å². The number of thiophene rings is 1. The van der Waals surface area contributed by atoms with E-state index < -0.39 is 10.0 Å². The van der Waals surface area contributed by atoms with Crippen LogP contribution in [0.4, 0.5) is 11.4 Å². The Hall–Kier alpha value is -1.57. The van der Waals surface area contributed by atoms with Crippen LogP contribution in [-0.2, 0) is 16.6 Å². The van der Waals surface area contributed by atoms with Crippen LogP contribution in [0.5, 0.6) is 0 Å². The molecule has 2 rings (SSSR count). The lowest BCUT2D eigenvalue weighted by molar-refractivity contribution is 0.598. The molecule has 0 fully saturated rings. The highest BCUT2D eigenvalue weighted by molar-refractivity contribution is 7.89. The smallest absolute Gasteiger partial charge is 0.238 e. The van der Waals surface area contributed by atoms with Crippen LogP contribution in [0.25, 0.3) is 0 Å². The molecule has 0 radical (unpaired) electrons. The van der Waals surface area contributed by atoms with E-state index in [4.69, 9.17) is 10.9 Å². The number of nitrogens with two attached hydrogens (primary N) is 2. The van der Waals surface area contributed by atoms with Gasteiger partial charge in [0.25, 0.3) is 0 Å². The molecule has 19 heavy (non-hydrogen) atoms. The number of nitrogen functional groups attached to an aromatic ring is 1. The first-order valence-electron chi connectivity index (χ1n) is 5.52. The van der Waals surface area contributed by atoms with E-state index in [0.717, 1.165) is 11.3 Å². The van der Waals surface area contributed by atoms with Gasteiger partial charge in [-0.05, 0) is 40.6 Å². The van der Waals surface area contributed by atoms with E-state index >= 15 is 0 Å². The summed E-state index contributed by atoms with van der Waals surface area (Å²) in [7, 11) is -1.87. The molecule has 1 aromatic carbocycles. The van der Waals surface area contributed by atoms with E-state index in [9.17, 15) is 8.42 Å². The quantitative estimate of drug-likeness (QED) is 0.839. The van der Waals surface area contributed by atoms with Gasteiger partial charge in [0, 0.05) is 25.0 Å². The zero-order valence-corrected chi connectivity index (χ0v) is 12.0. The summed E-state index contributed by atoms with van der Waals surface area (Å²) >= 11 is 1.62. The van der Waals surface area contributed by atoms with Crippen LogP contribution >= 0.6 is 11.3 Å². The van der Waals surface area contributed by atoms with Crippen molar-refractivity contribution in [1.82, 2.24) is 0 Å². The summed E-state index contributed by atoms with van der Waals surface area (Å²) in [5.74, 6) is 0. The highest BCUT2D eigenvalue weighted by Crippen LogP contribution is 2.23. The van der Waals surface area contributed by atoms with Crippen LogP contribution < -0.4 is 15.8 Å². The van der Waals surface area contributed by atoms with Crippen molar-refractivity contribution < 1.29 is 8.42 Å². The SMILES string of the molecule is CN(Cc1ccsc1)c1cc(N)cc(S(N)(=O)=O)c1. The fraction of sp³-hybridized carbons (Fsp3) is 0.167. The maximum Gasteiger partial charge on any atom is 0.238 e. The largest absolute Gasteiger partial charge is 0.399 e. The summed E-state index contributed by atoms with van der Waals surface area (Å²) in [6.45, 7) is 0.678. The molecule has 0 atom stereocenters. The normalized spacial score (nSPS) is 11.5. The average Bonchev–Trinajstić information content (AvgIpc) is 2.79. The van der Waals surface area contributed by atoms with Crippen LogP contribution in [0.2, 0.25) is 0 Å². The van der Waals surface area contributed by atoms with Crippen LogP contribution in [0.3, 0.4) is 0 Å². The topological polar surface area (TPSA) is 89.4 Å². The highest BCUT2D eigenvalue weighted by atomic mass is 32.2. The lowest BCUT2D eigenvalue weighted by Gasteiger charge is -2.20. The third-order valence-electron chi connectivity index (χ3n) is 2.68. The fourth-order valence-corrected chi connectivity index (χ4v) is 2.98. The van der Waals surface area contributed by atoms with Gasteiger partial charge in [0.15, 0.2) is 0 Å². The van der Waals surface area contributed by atoms with Crippen molar-refractivity contribution in [3.63, 3.8) is 0 Å². The van der Waals surface area contributed by atoms with E-state index in [0.29, 0.717) is 12.2 Å². The molecule has 102 valence electrons. The molecule has 0 saturated carbocycles. The predicted octanol–water partition coefficient (Wildman–Crippen LogP) is 1.61. The molecule has 4 N–H and O–H groups in total. The molecule has 0 saturated heterocycles. The molecule has 0 aliphatic rings. The second-order valence-corrected chi connectivity index (χ2v) is 6.63. The zero-order chi connectivity index (χ0) is 14.0. The van der Waals surface area contributed by atoms with E-state index in [1.165, 1.54) is 12.1 Å². The highest BCUT2D eigenvalue weighted by Gasteiger charge is 2.12. The monoisotopic (exact) mass is 297 g/mol. The first kappa shape index (κ1) is 13.9. The maximum absolute atomic E-state index is 11.4. The Kier molecular flexibility index (Phi) is 3.79. The van der Waals surface area contributed by atoms with Gasteiger partial charge in [-0.25, -0.2) is 13.6 Å². The number of nitrogens with zero attached hydrogens (tertiary/aromatic N) is 1.